The zero-order valence-corrected chi connectivity index (χ0v) is 10.5. The Kier molecular flexibility index (Phi) is 4.23. The number of amides is 1. The fourth-order valence-corrected chi connectivity index (χ4v) is 2.06. The van der Waals surface area contributed by atoms with Crippen molar-refractivity contribution in [2.75, 3.05) is 19.7 Å². The van der Waals surface area contributed by atoms with E-state index in [-0.39, 0.29) is 18.4 Å². The lowest BCUT2D eigenvalue weighted by atomic mass is 10.0. The first-order valence-corrected chi connectivity index (χ1v) is 6.24. The van der Waals surface area contributed by atoms with Gasteiger partial charge in [0.25, 0.3) is 5.91 Å². The van der Waals surface area contributed by atoms with Gasteiger partial charge in [-0.2, -0.15) is 0 Å². The monoisotopic (exact) mass is 246 g/mol. The van der Waals surface area contributed by atoms with Crippen LogP contribution in [0.4, 0.5) is 0 Å². The second-order valence-electron chi connectivity index (χ2n) is 4.52. The van der Waals surface area contributed by atoms with Crippen LogP contribution in [0.2, 0.25) is 0 Å². The molecule has 0 aliphatic carbocycles. The Bertz CT molecular complexity index is 551. The summed E-state index contributed by atoms with van der Waals surface area (Å²) in [6.45, 7) is 3.43. The Hall–Kier alpha value is -1.52. The van der Waals surface area contributed by atoms with Crippen molar-refractivity contribution in [3.8, 4) is 0 Å². The van der Waals surface area contributed by atoms with Crippen LogP contribution in [0.3, 0.4) is 0 Å². The van der Waals surface area contributed by atoms with Crippen molar-refractivity contribution in [1.82, 2.24) is 5.32 Å². The predicted molar refractivity (Wildman–Crippen MR) is 69.5 cm³/mol. The van der Waals surface area contributed by atoms with Gasteiger partial charge < -0.3 is 10.4 Å². The van der Waals surface area contributed by atoms with E-state index in [2.05, 4.69) is 10.3 Å². The van der Waals surface area contributed by atoms with Gasteiger partial charge >= 0.3 is 0 Å². The molecule has 2 rings (SSSR count). The van der Waals surface area contributed by atoms with E-state index in [9.17, 15) is 4.79 Å². The number of nitrogens with one attached hydrogen (secondary N) is 1. The lowest BCUT2D eigenvalue weighted by molar-refractivity contribution is -0.120. The van der Waals surface area contributed by atoms with E-state index in [4.69, 9.17) is 5.11 Å². The molecule has 1 heterocycles. The Balaban J connectivity index is 2.14. The third kappa shape index (κ3) is 2.83. The lowest BCUT2D eigenvalue weighted by Crippen LogP contribution is -2.38. The smallest absolute Gasteiger partial charge is 0.254 e. The number of hydrogen-bond donors (Lipinski definition) is 2. The highest BCUT2D eigenvalue weighted by Crippen LogP contribution is 2.03. The zero-order valence-electron chi connectivity index (χ0n) is 10.5. The molecule has 0 saturated heterocycles. The van der Waals surface area contributed by atoms with Gasteiger partial charge in [-0.05, 0) is 30.7 Å². The third-order valence-corrected chi connectivity index (χ3v) is 3.06. The summed E-state index contributed by atoms with van der Waals surface area (Å²) in [4.78, 5) is 16.1. The summed E-state index contributed by atoms with van der Waals surface area (Å²) in [5, 5.41) is 13.7. The summed E-state index contributed by atoms with van der Waals surface area (Å²) in [5.74, 6) is -0.286. The molecule has 0 spiro atoms. The van der Waals surface area contributed by atoms with Crippen molar-refractivity contribution < 1.29 is 9.90 Å². The van der Waals surface area contributed by atoms with Crippen molar-refractivity contribution in [1.29, 1.82) is 0 Å². The third-order valence-electron chi connectivity index (χ3n) is 3.06. The molecule has 0 fully saturated rings. The van der Waals surface area contributed by atoms with Crippen LogP contribution >= 0.6 is 0 Å². The van der Waals surface area contributed by atoms with Crippen LogP contribution in [0.15, 0.2) is 23.2 Å². The molecule has 1 aliphatic rings. The lowest BCUT2D eigenvalue weighted by Gasteiger charge is -2.13. The molecular formula is C14H18N2O2. The Labute approximate surface area is 106 Å². The van der Waals surface area contributed by atoms with Gasteiger partial charge in [-0.1, -0.05) is 24.3 Å². The quantitative estimate of drug-likeness (QED) is 0.690. The van der Waals surface area contributed by atoms with Crippen LogP contribution < -0.4 is 15.9 Å². The Morgan fingerprint density at radius 1 is 1.44 bits per heavy atom. The molecule has 0 saturated carbocycles. The molecule has 1 atom stereocenters. The van der Waals surface area contributed by atoms with Gasteiger partial charge in [0.05, 0.1) is 11.3 Å². The molecule has 2 N–H and O–H groups in total. The molecular weight excluding hydrogens is 228 g/mol. The molecule has 18 heavy (non-hydrogen) atoms. The molecule has 4 heteroatoms. The number of rotatable bonds is 5. The van der Waals surface area contributed by atoms with E-state index in [1.165, 1.54) is 0 Å². The summed E-state index contributed by atoms with van der Waals surface area (Å²) >= 11 is 0. The first-order chi connectivity index (χ1) is 8.72. The normalized spacial score (nSPS) is 17.9. The van der Waals surface area contributed by atoms with Crippen LogP contribution in [-0.2, 0) is 4.79 Å². The molecule has 1 aliphatic heterocycles. The van der Waals surface area contributed by atoms with Crippen LogP contribution in [0.5, 0.6) is 0 Å². The number of para-hydroxylation sites is 1. The molecule has 1 unspecified atom stereocenters. The van der Waals surface area contributed by atoms with Gasteiger partial charge in [0, 0.05) is 13.2 Å². The van der Waals surface area contributed by atoms with E-state index >= 15 is 0 Å². The zero-order chi connectivity index (χ0) is 13.0. The minimum atomic E-state index is -0.196. The molecule has 1 aromatic carbocycles. The maximum atomic E-state index is 11.9. The molecule has 0 aromatic heterocycles. The molecule has 96 valence electrons. The number of benzene rings is 1. The summed E-state index contributed by atoms with van der Waals surface area (Å²) in [6.07, 6.45) is 2.68. The SMILES string of the molecule is Cc1cccc2c1=NC(=O)C(CNCCCO)C=2. The predicted octanol–water partition coefficient (Wildman–Crippen LogP) is -0.476. The van der Waals surface area contributed by atoms with E-state index in [1.807, 2.05) is 31.2 Å². The number of aryl methyl sites for hydroxylation is 1. The largest absolute Gasteiger partial charge is 0.396 e. The Morgan fingerprint density at radius 2 is 2.28 bits per heavy atom. The van der Waals surface area contributed by atoms with E-state index in [0.717, 1.165) is 22.7 Å². The highest BCUT2D eigenvalue weighted by molar-refractivity contribution is 5.86. The van der Waals surface area contributed by atoms with Crippen molar-refractivity contribution >= 4 is 12.0 Å². The summed E-state index contributed by atoms with van der Waals surface area (Å²) < 4.78 is 0. The molecule has 0 radical (unpaired) electrons. The standard InChI is InChI=1S/C14H18N2O2/c1-10-4-2-5-11-8-12(9-15-6-3-7-17)14(18)16-13(10)11/h2,4-5,8,12,15,17H,3,6-7,9H2,1H3. The minimum absolute atomic E-state index is 0.0895. The van der Waals surface area contributed by atoms with Crippen molar-refractivity contribution in [2.45, 2.75) is 13.3 Å². The first kappa shape index (κ1) is 12.9. The summed E-state index contributed by atoms with van der Waals surface area (Å²) in [6, 6.07) is 5.93. The van der Waals surface area contributed by atoms with Gasteiger partial charge in [0.1, 0.15) is 0 Å². The van der Waals surface area contributed by atoms with E-state index < -0.39 is 0 Å². The minimum Gasteiger partial charge on any atom is -0.396 e. The number of carbonyl (C=O) groups excluding carboxylic acids is 1. The maximum Gasteiger partial charge on any atom is 0.254 e. The van der Waals surface area contributed by atoms with Gasteiger partial charge in [-0.3, -0.25) is 4.79 Å². The number of carbonyl (C=O) groups is 1. The highest BCUT2D eigenvalue weighted by atomic mass is 16.3. The average molecular weight is 246 g/mol. The topological polar surface area (TPSA) is 61.7 Å². The average Bonchev–Trinajstić information content (AvgIpc) is 2.36. The van der Waals surface area contributed by atoms with Crippen molar-refractivity contribution in [2.24, 2.45) is 10.9 Å². The van der Waals surface area contributed by atoms with Crippen LogP contribution in [0, 0.1) is 12.8 Å². The van der Waals surface area contributed by atoms with E-state index in [1.54, 1.807) is 0 Å². The summed E-state index contributed by atoms with van der Waals surface area (Å²) in [7, 11) is 0. The highest BCUT2D eigenvalue weighted by Gasteiger charge is 2.17. The fourth-order valence-electron chi connectivity index (χ4n) is 2.06. The van der Waals surface area contributed by atoms with Crippen LogP contribution in [0.25, 0.3) is 6.08 Å². The molecule has 4 nitrogen and oxygen atoms in total. The van der Waals surface area contributed by atoms with Crippen LogP contribution in [0.1, 0.15) is 12.0 Å². The number of fused-ring (bicyclic) bond motifs is 1. The van der Waals surface area contributed by atoms with Gasteiger partial charge in [-0.15, -0.1) is 0 Å². The second kappa shape index (κ2) is 5.89. The first-order valence-electron chi connectivity index (χ1n) is 6.24. The fraction of sp³-hybridized carbons (Fsp3) is 0.429. The molecule has 0 bridgehead atoms. The van der Waals surface area contributed by atoms with Crippen LogP contribution in [-0.4, -0.2) is 30.7 Å². The number of hydrogen-bond acceptors (Lipinski definition) is 3. The van der Waals surface area contributed by atoms with Crippen molar-refractivity contribution in [3.05, 3.63) is 34.3 Å². The summed E-state index contributed by atoms with van der Waals surface area (Å²) in [5.41, 5.74) is 1.03. The second-order valence-corrected chi connectivity index (χ2v) is 4.52. The molecule has 1 aromatic rings. The van der Waals surface area contributed by atoms with Gasteiger partial charge in [0.2, 0.25) is 0 Å². The van der Waals surface area contributed by atoms with Gasteiger partial charge in [0.15, 0.2) is 0 Å². The van der Waals surface area contributed by atoms with Crippen molar-refractivity contribution in [3.63, 3.8) is 0 Å². The number of aliphatic hydroxyl groups excluding tert-OH is 1. The maximum absolute atomic E-state index is 11.9. The molecule has 1 amide bonds. The number of nitrogens with zero attached hydrogens (tertiary/aromatic N) is 1. The Morgan fingerprint density at radius 3 is 3.06 bits per heavy atom. The van der Waals surface area contributed by atoms with Gasteiger partial charge in [-0.25, -0.2) is 4.99 Å². The van der Waals surface area contributed by atoms with E-state index in [0.29, 0.717) is 13.0 Å². The number of aliphatic hydroxyl groups is 1.